The average Bonchev–Trinajstić information content (AvgIpc) is 2.28. The summed E-state index contributed by atoms with van der Waals surface area (Å²) in [5, 5.41) is 0. The second kappa shape index (κ2) is 4.66. The van der Waals surface area contributed by atoms with Crippen LogP contribution in [0.4, 0.5) is 0 Å². The fourth-order valence-corrected chi connectivity index (χ4v) is 3.86. The van der Waals surface area contributed by atoms with Crippen molar-refractivity contribution in [3.05, 3.63) is 11.6 Å². The molecule has 100 valence electrons. The molecule has 2 nitrogen and oxygen atoms in total. The first-order valence-corrected chi connectivity index (χ1v) is 7.20. The minimum absolute atomic E-state index is 0.298. The number of rotatable bonds is 2. The van der Waals surface area contributed by atoms with Gasteiger partial charge in [0, 0.05) is 5.92 Å². The highest BCUT2D eigenvalue weighted by Gasteiger charge is 2.41. The molecule has 0 saturated heterocycles. The van der Waals surface area contributed by atoms with E-state index in [-0.39, 0.29) is 5.54 Å². The van der Waals surface area contributed by atoms with Crippen molar-refractivity contribution >= 4 is 6.08 Å². The molecule has 2 aliphatic rings. The molecule has 18 heavy (non-hydrogen) atoms. The van der Waals surface area contributed by atoms with E-state index in [1.54, 1.807) is 11.7 Å². The summed E-state index contributed by atoms with van der Waals surface area (Å²) in [5.74, 6) is 1.09. The molecule has 1 saturated carbocycles. The van der Waals surface area contributed by atoms with E-state index in [2.05, 4.69) is 38.8 Å². The Balaban J connectivity index is 2.32. The van der Waals surface area contributed by atoms with E-state index in [0.29, 0.717) is 17.3 Å². The summed E-state index contributed by atoms with van der Waals surface area (Å²) < 4.78 is 0. The van der Waals surface area contributed by atoms with Gasteiger partial charge in [-0.3, -0.25) is 0 Å². The van der Waals surface area contributed by atoms with E-state index >= 15 is 0 Å². The maximum atomic E-state index is 10.6. The quantitative estimate of drug-likeness (QED) is 0.407. The minimum Gasteiger partial charge on any atom is -0.211 e. The molecule has 2 heteroatoms. The molecule has 0 bridgehead atoms. The van der Waals surface area contributed by atoms with Crippen LogP contribution in [0.15, 0.2) is 16.6 Å². The Bertz CT molecular complexity index is 403. The molecule has 0 spiro atoms. The SMILES string of the molecule is C[C@H]1CCC[C@]2(C)CC[C@H](C(C)(C)N=C=O)C=C12. The molecular formula is C16H25NO. The molecule has 0 N–H and O–H groups in total. The molecule has 0 amide bonds. The highest BCUT2D eigenvalue weighted by atomic mass is 16.1. The number of aliphatic imine (C=N–C) groups is 1. The summed E-state index contributed by atoms with van der Waals surface area (Å²) in [6.45, 7) is 8.87. The van der Waals surface area contributed by atoms with E-state index in [0.717, 1.165) is 6.42 Å². The van der Waals surface area contributed by atoms with Crippen LogP contribution in [0.25, 0.3) is 0 Å². The van der Waals surface area contributed by atoms with Crippen LogP contribution in [-0.4, -0.2) is 11.6 Å². The standard InChI is InChI=1S/C16H25NO/c1-12-6-5-8-16(4)9-7-13(10-14(12)16)15(2,3)17-11-18/h10,12-13H,5-9H2,1-4H3/t12-,13-,16+/m0/s1. The van der Waals surface area contributed by atoms with Gasteiger partial charge in [-0.2, -0.15) is 4.99 Å². The third-order valence-corrected chi connectivity index (χ3v) is 5.22. The fourth-order valence-electron chi connectivity index (χ4n) is 3.86. The fraction of sp³-hybridized carbons (Fsp3) is 0.812. The van der Waals surface area contributed by atoms with Crippen molar-refractivity contribution in [3.8, 4) is 0 Å². The van der Waals surface area contributed by atoms with E-state index < -0.39 is 0 Å². The first-order chi connectivity index (χ1) is 8.39. The topological polar surface area (TPSA) is 29.4 Å². The van der Waals surface area contributed by atoms with E-state index in [9.17, 15) is 4.79 Å². The summed E-state index contributed by atoms with van der Waals surface area (Å²) >= 11 is 0. The summed E-state index contributed by atoms with van der Waals surface area (Å²) in [7, 11) is 0. The maximum absolute atomic E-state index is 10.6. The molecule has 2 rings (SSSR count). The van der Waals surface area contributed by atoms with Gasteiger partial charge in [0.1, 0.15) is 0 Å². The Labute approximate surface area is 111 Å². The van der Waals surface area contributed by atoms with E-state index in [1.807, 2.05) is 0 Å². The largest absolute Gasteiger partial charge is 0.235 e. The molecule has 0 radical (unpaired) electrons. The van der Waals surface area contributed by atoms with Crippen molar-refractivity contribution in [2.45, 2.75) is 65.3 Å². The van der Waals surface area contributed by atoms with Crippen molar-refractivity contribution in [3.63, 3.8) is 0 Å². The van der Waals surface area contributed by atoms with Crippen LogP contribution in [-0.2, 0) is 4.79 Å². The van der Waals surface area contributed by atoms with Crippen LogP contribution >= 0.6 is 0 Å². The molecular weight excluding hydrogens is 222 g/mol. The second-order valence-corrected chi connectivity index (χ2v) is 6.98. The molecule has 0 aromatic carbocycles. The van der Waals surface area contributed by atoms with Gasteiger partial charge in [0.05, 0.1) is 5.54 Å². The first-order valence-electron chi connectivity index (χ1n) is 7.20. The molecule has 0 heterocycles. The van der Waals surface area contributed by atoms with Crippen LogP contribution in [0.5, 0.6) is 0 Å². The lowest BCUT2D eigenvalue weighted by Crippen LogP contribution is -2.37. The minimum atomic E-state index is -0.298. The number of nitrogens with zero attached hydrogens (tertiary/aromatic N) is 1. The van der Waals surface area contributed by atoms with Gasteiger partial charge in [0.25, 0.3) is 0 Å². The number of hydrogen-bond donors (Lipinski definition) is 0. The molecule has 3 atom stereocenters. The highest BCUT2D eigenvalue weighted by Crippen LogP contribution is 2.52. The highest BCUT2D eigenvalue weighted by molar-refractivity contribution is 5.35. The molecule has 2 aliphatic carbocycles. The Morgan fingerprint density at radius 3 is 2.78 bits per heavy atom. The van der Waals surface area contributed by atoms with Gasteiger partial charge in [-0.15, -0.1) is 0 Å². The molecule has 0 aliphatic heterocycles. The number of allylic oxidation sites excluding steroid dienone is 1. The van der Waals surface area contributed by atoms with Crippen molar-refractivity contribution < 1.29 is 4.79 Å². The van der Waals surface area contributed by atoms with Gasteiger partial charge >= 0.3 is 0 Å². The van der Waals surface area contributed by atoms with Gasteiger partial charge in [0.2, 0.25) is 6.08 Å². The lowest BCUT2D eigenvalue weighted by molar-refractivity contribution is 0.191. The van der Waals surface area contributed by atoms with E-state index in [4.69, 9.17) is 0 Å². The van der Waals surface area contributed by atoms with Gasteiger partial charge in [-0.1, -0.05) is 31.9 Å². The number of hydrogen-bond acceptors (Lipinski definition) is 2. The molecule has 0 aromatic rings. The van der Waals surface area contributed by atoms with Crippen LogP contribution < -0.4 is 0 Å². The first kappa shape index (κ1) is 13.5. The van der Waals surface area contributed by atoms with Gasteiger partial charge in [0.15, 0.2) is 0 Å². The number of isocyanates is 1. The number of fused-ring (bicyclic) bond motifs is 1. The lowest BCUT2D eigenvalue weighted by atomic mass is 9.59. The normalized spacial score (nSPS) is 36.3. The van der Waals surface area contributed by atoms with Crippen LogP contribution in [0.1, 0.15) is 59.8 Å². The molecule has 0 unspecified atom stereocenters. The third kappa shape index (κ3) is 2.31. The zero-order valence-corrected chi connectivity index (χ0v) is 12.1. The Morgan fingerprint density at radius 2 is 2.11 bits per heavy atom. The van der Waals surface area contributed by atoms with Crippen molar-refractivity contribution in [1.82, 2.24) is 0 Å². The van der Waals surface area contributed by atoms with Gasteiger partial charge < -0.3 is 0 Å². The summed E-state index contributed by atoms with van der Waals surface area (Å²) in [5.41, 5.74) is 1.74. The Hall–Kier alpha value is -0.880. The van der Waals surface area contributed by atoms with Crippen molar-refractivity contribution in [2.75, 3.05) is 0 Å². The van der Waals surface area contributed by atoms with E-state index in [1.165, 1.54) is 25.7 Å². The maximum Gasteiger partial charge on any atom is 0.235 e. The molecule has 0 aromatic heterocycles. The third-order valence-electron chi connectivity index (χ3n) is 5.22. The Morgan fingerprint density at radius 1 is 1.39 bits per heavy atom. The average molecular weight is 247 g/mol. The predicted octanol–water partition coefficient (Wildman–Crippen LogP) is 4.26. The predicted molar refractivity (Wildman–Crippen MR) is 74.1 cm³/mol. The van der Waals surface area contributed by atoms with Crippen molar-refractivity contribution in [1.29, 1.82) is 0 Å². The zero-order valence-electron chi connectivity index (χ0n) is 12.1. The monoisotopic (exact) mass is 247 g/mol. The van der Waals surface area contributed by atoms with Crippen LogP contribution in [0, 0.1) is 17.3 Å². The van der Waals surface area contributed by atoms with Crippen molar-refractivity contribution in [2.24, 2.45) is 22.2 Å². The van der Waals surface area contributed by atoms with Gasteiger partial charge in [-0.25, -0.2) is 4.79 Å². The van der Waals surface area contributed by atoms with Gasteiger partial charge in [-0.05, 0) is 50.9 Å². The summed E-state index contributed by atoms with van der Waals surface area (Å²) in [6, 6.07) is 0. The summed E-state index contributed by atoms with van der Waals surface area (Å²) in [6.07, 6.45) is 10.6. The molecule has 1 fully saturated rings. The second-order valence-electron chi connectivity index (χ2n) is 6.98. The summed E-state index contributed by atoms with van der Waals surface area (Å²) in [4.78, 5) is 14.6. The lowest BCUT2D eigenvalue weighted by Gasteiger charge is -2.46. The van der Waals surface area contributed by atoms with Crippen LogP contribution in [0.3, 0.4) is 0 Å². The Kier molecular flexibility index (Phi) is 3.51. The zero-order chi connectivity index (χ0) is 13.4. The number of carbonyl (C=O) groups excluding carboxylic acids is 1. The van der Waals surface area contributed by atoms with Crippen LogP contribution in [0.2, 0.25) is 0 Å². The smallest absolute Gasteiger partial charge is 0.211 e.